The Kier molecular flexibility index (Phi) is 10.7. The van der Waals surface area contributed by atoms with E-state index in [-0.39, 0.29) is 6.10 Å². The minimum atomic E-state index is 0.149. The molecule has 164 valence electrons. The Morgan fingerprint density at radius 3 is 2.57 bits per heavy atom. The van der Waals surface area contributed by atoms with Crippen LogP contribution in [0.15, 0.2) is 47.5 Å². The number of anilines is 1. The molecule has 0 amide bonds. The fourth-order valence-electron chi connectivity index (χ4n) is 2.64. The summed E-state index contributed by atoms with van der Waals surface area (Å²) in [4.78, 5) is 9.21. The minimum absolute atomic E-state index is 0.149. The molecule has 30 heavy (non-hydrogen) atoms. The van der Waals surface area contributed by atoms with Crippen LogP contribution in [0.2, 0.25) is 0 Å². The molecular formula is C23H34N4O3. The maximum Gasteiger partial charge on any atom is 0.196 e. The van der Waals surface area contributed by atoms with Crippen LogP contribution in [0.25, 0.3) is 0 Å². The molecule has 0 saturated heterocycles. The number of nitrogens with zero attached hydrogens (tertiary/aromatic N) is 2. The molecule has 1 aromatic heterocycles. The highest BCUT2D eigenvalue weighted by Crippen LogP contribution is 2.17. The summed E-state index contributed by atoms with van der Waals surface area (Å²) in [5, 5.41) is 6.71. The minimum Gasteiger partial charge on any atom is -0.491 e. The first kappa shape index (κ1) is 23.6. The van der Waals surface area contributed by atoms with E-state index in [2.05, 4.69) is 20.6 Å². The van der Waals surface area contributed by atoms with Crippen molar-refractivity contribution in [2.75, 3.05) is 38.8 Å². The van der Waals surface area contributed by atoms with Crippen LogP contribution in [0.3, 0.4) is 0 Å². The lowest BCUT2D eigenvalue weighted by molar-refractivity contribution is 0.0699. The molecule has 7 nitrogen and oxygen atoms in total. The first-order valence-corrected chi connectivity index (χ1v) is 10.4. The molecule has 0 atom stereocenters. The molecular weight excluding hydrogens is 380 g/mol. The average molecular weight is 415 g/mol. The van der Waals surface area contributed by atoms with Crippen LogP contribution >= 0.6 is 0 Å². The van der Waals surface area contributed by atoms with Crippen molar-refractivity contribution in [2.45, 2.75) is 39.8 Å². The fourth-order valence-corrected chi connectivity index (χ4v) is 2.64. The summed E-state index contributed by atoms with van der Waals surface area (Å²) in [6.45, 7) is 9.14. The monoisotopic (exact) mass is 414 g/mol. The van der Waals surface area contributed by atoms with Crippen molar-refractivity contribution in [3.05, 3.63) is 53.9 Å². The number of pyridine rings is 1. The van der Waals surface area contributed by atoms with E-state index in [4.69, 9.17) is 14.2 Å². The number of rotatable bonds is 12. The van der Waals surface area contributed by atoms with E-state index < -0.39 is 0 Å². The zero-order valence-corrected chi connectivity index (χ0v) is 18.5. The van der Waals surface area contributed by atoms with E-state index in [1.54, 1.807) is 7.11 Å². The molecule has 1 aromatic carbocycles. The Hall–Kier alpha value is -2.64. The second kappa shape index (κ2) is 13.6. The van der Waals surface area contributed by atoms with Crippen LogP contribution in [0.4, 0.5) is 5.69 Å². The van der Waals surface area contributed by atoms with E-state index >= 15 is 0 Å². The second-order valence-electron chi connectivity index (χ2n) is 7.14. The largest absolute Gasteiger partial charge is 0.491 e. The number of aryl methyl sites for hydroxylation is 1. The highest BCUT2D eigenvalue weighted by molar-refractivity contribution is 5.93. The Morgan fingerprint density at radius 1 is 1.07 bits per heavy atom. The zero-order valence-electron chi connectivity index (χ0n) is 18.5. The van der Waals surface area contributed by atoms with Gasteiger partial charge in [-0.1, -0.05) is 6.07 Å². The predicted molar refractivity (Wildman–Crippen MR) is 121 cm³/mol. The lowest BCUT2D eigenvalue weighted by Gasteiger charge is -2.14. The van der Waals surface area contributed by atoms with Crippen molar-refractivity contribution in [1.82, 2.24) is 10.3 Å². The fraction of sp³-hybridized carbons (Fsp3) is 0.478. The Labute approximate surface area is 179 Å². The molecule has 0 spiro atoms. The van der Waals surface area contributed by atoms with Gasteiger partial charge >= 0.3 is 0 Å². The summed E-state index contributed by atoms with van der Waals surface area (Å²) in [7, 11) is 1.67. The predicted octanol–water partition coefficient (Wildman–Crippen LogP) is 3.79. The zero-order chi connectivity index (χ0) is 21.6. The smallest absolute Gasteiger partial charge is 0.196 e. The summed E-state index contributed by atoms with van der Waals surface area (Å²) in [5.74, 6) is 1.55. The maximum absolute atomic E-state index is 5.71. The molecule has 7 heteroatoms. The normalized spacial score (nSPS) is 11.6. The quantitative estimate of drug-likeness (QED) is 0.313. The van der Waals surface area contributed by atoms with Gasteiger partial charge in [-0.2, -0.15) is 0 Å². The van der Waals surface area contributed by atoms with Gasteiger partial charge in [-0.25, -0.2) is 4.99 Å². The molecule has 2 aromatic rings. The number of aliphatic imine (C=N–C) groups is 1. The van der Waals surface area contributed by atoms with Crippen molar-refractivity contribution in [3.63, 3.8) is 0 Å². The van der Waals surface area contributed by atoms with Gasteiger partial charge in [0.25, 0.3) is 0 Å². The van der Waals surface area contributed by atoms with E-state index in [0.717, 1.165) is 35.8 Å². The molecule has 0 aliphatic rings. The Bertz CT molecular complexity index is 763. The molecule has 2 N–H and O–H groups in total. The first-order valence-electron chi connectivity index (χ1n) is 10.4. The third-order valence-electron chi connectivity index (χ3n) is 4.02. The maximum atomic E-state index is 5.71. The summed E-state index contributed by atoms with van der Waals surface area (Å²) >= 11 is 0. The van der Waals surface area contributed by atoms with Crippen LogP contribution in [0, 0.1) is 6.92 Å². The number of aromatic nitrogens is 1. The second-order valence-corrected chi connectivity index (χ2v) is 7.14. The van der Waals surface area contributed by atoms with Crippen LogP contribution in [-0.4, -0.2) is 50.5 Å². The van der Waals surface area contributed by atoms with Gasteiger partial charge in [0, 0.05) is 31.6 Å². The molecule has 1 heterocycles. The molecule has 0 saturated carbocycles. The van der Waals surface area contributed by atoms with Crippen molar-refractivity contribution in [2.24, 2.45) is 4.99 Å². The van der Waals surface area contributed by atoms with Crippen molar-refractivity contribution < 1.29 is 14.2 Å². The van der Waals surface area contributed by atoms with Gasteiger partial charge in [-0.3, -0.25) is 4.98 Å². The molecule has 0 bridgehead atoms. The number of nitrogens with one attached hydrogen (secondary N) is 2. The lowest BCUT2D eigenvalue weighted by Crippen LogP contribution is -2.32. The van der Waals surface area contributed by atoms with Crippen molar-refractivity contribution in [1.29, 1.82) is 0 Å². The molecule has 2 rings (SSSR count). The van der Waals surface area contributed by atoms with Gasteiger partial charge in [0.1, 0.15) is 5.75 Å². The topological polar surface area (TPSA) is 77.0 Å². The molecule has 0 unspecified atom stereocenters. The van der Waals surface area contributed by atoms with Crippen molar-refractivity contribution >= 4 is 11.6 Å². The van der Waals surface area contributed by atoms with Gasteiger partial charge < -0.3 is 24.8 Å². The van der Waals surface area contributed by atoms with Crippen LogP contribution in [0.5, 0.6) is 5.75 Å². The third kappa shape index (κ3) is 9.71. The number of hydrogen-bond acceptors (Lipinski definition) is 5. The molecule has 0 radical (unpaired) electrons. The average Bonchev–Trinajstić information content (AvgIpc) is 2.72. The number of ether oxygens (including phenoxy) is 3. The summed E-state index contributed by atoms with van der Waals surface area (Å²) in [5.41, 5.74) is 2.85. The van der Waals surface area contributed by atoms with Crippen LogP contribution in [0.1, 0.15) is 31.7 Å². The van der Waals surface area contributed by atoms with Crippen molar-refractivity contribution in [3.8, 4) is 5.75 Å². The van der Waals surface area contributed by atoms with Gasteiger partial charge in [0.05, 0.1) is 31.6 Å². The Morgan fingerprint density at radius 2 is 1.87 bits per heavy atom. The van der Waals surface area contributed by atoms with Gasteiger partial charge in [-0.05, 0) is 63.6 Å². The number of methoxy groups -OCH3 is 1. The van der Waals surface area contributed by atoms with E-state index in [1.165, 1.54) is 0 Å². The highest BCUT2D eigenvalue weighted by Gasteiger charge is 2.03. The van der Waals surface area contributed by atoms with Crippen LogP contribution < -0.4 is 15.4 Å². The first-order chi connectivity index (χ1) is 14.6. The van der Waals surface area contributed by atoms with Gasteiger partial charge in [0.15, 0.2) is 5.96 Å². The van der Waals surface area contributed by atoms with E-state index in [9.17, 15) is 0 Å². The van der Waals surface area contributed by atoms with E-state index in [0.29, 0.717) is 32.3 Å². The molecule has 0 fully saturated rings. The summed E-state index contributed by atoms with van der Waals surface area (Å²) in [6.07, 6.45) is 1.02. The van der Waals surface area contributed by atoms with E-state index in [1.807, 2.05) is 63.2 Å². The lowest BCUT2D eigenvalue weighted by atomic mass is 10.3. The van der Waals surface area contributed by atoms with Crippen LogP contribution in [-0.2, 0) is 16.0 Å². The number of guanidine groups is 1. The summed E-state index contributed by atoms with van der Waals surface area (Å²) < 4.78 is 16.2. The molecule has 0 aliphatic heterocycles. The number of hydrogen-bond donors (Lipinski definition) is 2. The molecule has 0 aliphatic carbocycles. The third-order valence-corrected chi connectivity index (χ3v) is 4.02. The standard InChI is InChI=1S/C23H34N4O3/c1-18(2)30-22-11-9-20(10-12-22)27-23(24-13-6-14-29-16-15-28-4)25-17-21-8-5-7-19(3)26-21/h5,7-12,18H,6,13-17H2,1-4H3,(H2,24,25,27). The SMILES string of the molecule is COCCOCCCNC(=NCc1cccc(C)n1)Nc1ccc(OC(C)C)cc1. The van der Waals surface area contributed by atoms with Gasteiger partial charge in [0.2, 0.25) is 0 Å². The number of benzene rings is 1. The summed E-state index contributed by atoms with van der Waals surface area (Å²) in [6, 6.07) is 13.8. The highest BCUT2D eigenvalue weighted by atomic mass is 16.5. The Balaban J connectivity index is 1.94. The van der Waals surface area contributed by atoms with Gasteiger partial charge in [-0.15, -0.1) is 0 Å².